The topological polar surface area (TPSA) is 0 Å². The summed E-state index contributed by atoms with van der Waals surface area (Å²) in [6, 6.07) is 3.14. The van der Waals surface area contributed by atoms with Crippen LogP contribution in [0, 0.1) is 19.7 Å². The largest absolute Gasteiger partial charge is 0.207 e. The van der Waals surface area contributed by atoms with Crippen LogP contribution >= 0.6 is 0 Å². The van der Waals surface area contributed by atoms with Crippen molar-refractivity contribution >= 4 is 6.08 Å². The number of hydrogen-bond acceptors (Lipinski definition) is 0. The summed E-state index contributed by atoms with van der Waals surface area (Å²) in [6.07, 6.45) is 8.25. The Labute approximate surface area is 110 Å². The van der Waals surface area contributed by atoms with Gasteiger partial charge in [0.25, 0.3) is 0 Å². The fourth-order valence-corrected chi connectivity index (χ4v) is 1.98. The minimum Gasteiger partial charge on any atom is -0.207 e. The molecule has 1 aromatic carbocycles. The average molecular weight is 244 g/mol. The van der Waals surface area contributed by atoms with Crippen molar-refractivity contribution in [3.8, 4) is 0 Å². The van der Waals surface area contributed by atoms with E-state index >= 15 is 0 Å². The van der Waals surface area contributed by atoms with Crippen LogP contribution in [0.3, 0.4) is 0 Å². The van der Waals surface area contributed by atoms with E-state index in [1.54, 1.807) is 12.1 Å². The molecular formula is C17H21F. The van der Waals surface area contributed by atoms with E-state index in [4.69, 9.17) is 0 Å². The lowest BCUT2D eigenvalue weighted by Gasteiger charge is -2.04. The third-order valence-corrected chi connectivity index (χ3v) is 2.70. The fourth-order valence-electron chi connectivity index (χ4n) is 1.98. The Bertz CT molecular complexity index is 489. The Morgan fingerprint density at radius 3 is 2.11 bits per heavy atom. The number of allylic oxidation sites excluding steroid dienone is 5. The van der Waals surface area contributed by atoms with Crippen molar-refractivity contribution in [3.05, 3.63) is 64.0 Å². The van der Waals surface area contributed by atoms with Crippen LogP contribution in [0.25, 0.3) is 6.08 Å². The zero-order valence-electron chi connectivity index (χ0n) is 11.8. The summed E-state index contributed by atoms with van der Waals surface area (Å²) < 4.78 is 13.2. The third kappa shape index (κ3) is 4.33. The molecule has 0 atom stereocenters. The van der Waals surface area contributed by atoms with Crippen LogP contribution in [-0.2, 0) is 0 Å². The SMILES string of the molecule is CC(C)=C/C(C)=C\C=C\c1c(C)cc(F)cc1C. The molecule has 0 amide bonds. The lowest BCUT2D eigenvalue weighted by Crippen LogP contribution is -1.88. The minimum atomic E-state index is -0.168. The predicted octanol–water partition coefficient (Wildman–Crippen LogP) is 5.37. The van der Waals surface area contributed by atoms with E-state index in [0.717, 1.165) is 16.7 Å². The minimum absolute atomic E-state index is 0.168. The van der Waals surface area contributed by atoms with E-state index < -0.39 is 0 Å². The zero-order chi connectivity index (χ0) is 13.7. The molecule has 0 heterocycles. The Morgan fingerprint density at radius 2 is 1.61 bits per heavy atom. The van der Waals surface area contributed by atoms with Crippen LogP contribution in [-0.4, -0.2) is 0 Å². The second-order valence-corrected chi connectivity index (χ2v) is 4.94. The van der Waals surface area contributed by atoms with Crippen molar-refractivity contribution in [1.29, 1.82) is 0 Å². The Morgan fingerprint density at radius 1 is 1.06 bits per heavy atom. The number of benzene rings is 1. The number of halogens is 1. The van der Waals surface area contributed by atoms with Gasteiger partial charge in [-0.05, 0) is 63.4 Å². The van der Waals surface area contributed by atoms with Crippen molar-refractivity contribution in [2.75, 3.05) is 0 Å². The lowest BCUT2D eigenvalue weighted by atomic mass is 10.0. The maximum absolute atomic E-state index is 13.2. The van der Waals surface area contributed by atoms with E-state index in [1.807, 2.05) is 26.0 Å². The average Bonchev–Trinajstić information content (AvgIpc) is 2.20. The molecular weight excluding hydrogens is 223 g/mol. The highest BCUT2D eigenvalue weighted by Crippen LogP contribution is 2.17. The molecule has 0 saturated heterocycles. The highest BCUT2D eigenvalue weighted by Gasteiger charge is 2.01. The van der Waals surface area contributed by atoms with Crippen molar-refractivity contribution in [2.45, 2.75) is 34.6 Å². The van der Waals surface area contributed by atoms with Gasteiger partial charge in [0, 0.05) is 0 Å². The van der Waals surface area contributed by atoms with Crippen LogP contribution in [0.15, 0.2) is 41.5 Å². The van der Waals surface area contributed by atoms with Gasteiger partial charge in [-0.2, -0.15) is 0 Å². The number of hydrogen-bond donors (Lipinski definition) is 0. The molecule has 0 radical (unpaired) electrons. The molecule has 0 bridgehead atoms. The molecule has 1 rings (SSSR count). The summed E-state index contributed by atoms with van der Waals surface area (Å²) in [6.45, 7) is 10.1. The second-order valence-electron chi connectivity index (χ2n) is 4.94. The van der Waals surface area contributed by atoms with Crippen LogP contribution in [0.5, 0.6) is 0 Å². The Balaban J connectivity index is 2.96. The van der Waals surface area contributed by atoms with Crippen molar-refractivity contribution in [1.82, 2.24) is 0 Å². The maximum Gasteiger partial charge on any atom is 0.123 e. The van der Waals surface area contributed by atoms with Crippen molar-refractivity contribution in [3.63, 3.8) is 0 Å². The first-order valence-electron chi connectivity index (χ1n) is 6.17. The van der Waals surface area contributed by atoms with Gasteiger partial charge in [-0.1, -0.05) is 35.5 Å². The maximum atomic E-state index is 13.2. The van der Waals surface area contributed by atoms with Gasteiger partial charge < -0.3 is 0 Å². The Hall–Kier alpha value is -1.63. The van der Waals surface area contributed by atoms with Gasteiger partial charge in [0.15, 0.2) is 0 Å². The van der Waals surface area contributed by atoms with Crippen LogP contribution < -0.4 is 0 Å². The molecule has 0 aromatic heterocycles. The van der Waals surface area contributed by atoms with Crippen molar-refractivity contribution < 1.29 is 4.39 Å². The highest BCUT2D eigenvalue weighted by atomic mass is 19.1. The molecule has 0 N–H and O–H groups in total. The summed E-state index contributed by atoms with van der Waals surface area (Å²) in [7, 11) is 0. The fraction of sp³-hybridized carbons (Fsp3) is 0.294. The highest BCUT2D eigenvalue weighted by molar-refractivity contribution is 5.59. The van der Waals surface area contributed by atoms with Crippen molar-refractivity contribution in [2.24, 2.45) is 0 Å². The van der Waals surface area contributed by atoms with Gasteiger partial charge in [0.2, 0.25) is 0 Å². The molecule has 0 aliphatic heterocycles. The third-order valence-electron chi connectivity index (χ3n) is 2.70. The zero-order valence-corrected chi connectivity index (χ0v) is 11.8. The molecule has 1 heteroatoms. The van der Waals surface area contributed by atoms with Crippen LogP contribution in [0.2, 0.25) is 0 Å². The smallest absolute Gasteiger partial charge is 0.123 e. The summed E-state index contributed by atoms with van der Waals surface area (Å²) in [5.74, 6) is -0.168. The van der Waals surface area contributed by atoms with E-state index in [1.165, 1.54) is 11.1 Å². The first-order valence-corrected chi connectivity index (χ1v) is 6.17. The predicted molar refractivity (Wildman–Crippen MR) is 78.1 cm³/mol. The van der Waals surface area contributed by atoms with E-state index in [9.17, 15) is 4.39 Å². The molecule has 0 unspecified atom stereocenters. The molecule has 18 heavy (non-hydrogen) atoms. The van der Waals surface area contributed by atoms with Gasteiger partial charge in [-0.3, -0.25) is 0 Å². The first-order chi connectivity index (χ1) is 8.40. The molecule has 0 aliphatic rings. The summed E-state index contributed by atoms with van der Waals surface area (Å²) in [5.41, 5.74) is 5.53. The Kier molecular flexibility index (Phi) is 5.08. The lowest BCUT2D eigenvalue weighted by molar-refractivity contribution is 0.625. The molecule has 0 spiro atoms. The van der Waals surface area contributed by atoms with Gasteiger partial charge >= 0.3 is 0 Å². The normalized spacial score (nSPS) is 12.0. The number of aryl methyl sites for hydroxylation is 2. The quantitative estimate of drug-likeness (QED) is 0.627. The molecule has 0 aliphatic carbocycles. The molecule has 96 valence electrons. The van der Waals surface area contributed by atoms with Gasteiger partial charge in [-0.15, -0.1) is 0 Å². The second kappa shape index (κ2) is 6.34. The number of rotatable bonds is 3. The van der Waals surface area contributed by atoms with E-state index in [0.29, 0.717) is 0 Å². The summed E-state index contributed by atoms with van der Waals surface area (Å²) in [5, 5.41) is 0. The molecule has 0 nitrogen and oxygen atoms in total. The molecule has 1 aromatic rings. The van der Waals surface area contributed by atoms with Gasteiger partial charge in [0.05, 0.1) is 0 Å². The standard InChI is InChI=1S/C17H21F/c1-12(2)9-13(3)7-6-8-17-14(4)10-16(18)11-15(17)5/h6-11H,1-5H3/b8-6+,13-7-. The monoisotopic (exact) mass is 244 g/mol. The van der Waals surface area contributed by atoms with E-state index in [-0.39, 0.29) is 5.82 Å². The van der Waals surface area contributed by atoms with Gasteiger partial charge in [0.1, 0.15) is 5.82 Å². The van der Waals surface area contributed by atoms with Crippen LogP contribution in [0.1, 0.15) is 37.5 Å². The summed E-state index contributed by atoms with van der Waals surface area (Å²) in [4.78, 5) is 0. The van der Waals surface area contributed by atoms with E-state index in [2.05, 4.69) is 32.9 Å². The van der Waals surface area contributed by atoms with Crippen LogP contribution in [0.4, 0.5) is 4.39 Å². The molecule has 0 fully saturated rings. The van der Waals surface area contributed by atoms with Gasteiger partial charge in [-0.25, -0.2) is 4.39 Å². The first kappa shape index (κ1) is 14.4. The summed E-state index contributed by atoms with van der Waals surface area (Å²) >= 11 is 0. The molecule has 0 saturated carbocycles.